The molecule has 0 radical (unpaired) electrons. The lowest BCUT2D eigenvalue weighted by Crippen LogP contribution is -1.78. The summed E-state index contributed by atoms with van der Waals surface area (Å²) in [6.45, 7) is -0.216. The van der Waals surface area contributed by atoms with Crippen molar-refractivity contribution in [3.05, 3.63) is 28.8 Å². The Morgan fingerprint density at radius 2 is 2.17 bits per heavy atom. The number of hydrogen-bond acceptors (Lipinski definition) is 2. The number of aromatic hydroxyl groups is 1. The van der Waals surface area contributed by atoms with Crippen molar-refractivity contribution >= 4 is 11.6 Å². The number of hydrogen-bond donors (Lipinski definition) is 2. The molecule has 1 aromatic carbocycles. The van der Waals surface area contributed by atoms with Crippen molar-refractivity contribution in [3.8, 4) is 17.6 Å². The standard InChI is InChI=1S/C9H7ClO2/c10-9-4-3-8(12)6-7(9)2-1-5-11/h3-4,6,11-12H,5H2. The number of aliphatic hydroxyl groups excluding tert-OH is 1. The number of phenolic OH excluding ortho intramolecular Hbond substituents is 1. The molecule has 0 saturated carbocycles. The van der Waals surface area contributed by atoms with Gasteiger partial charge >= 0.3 is 0 Å². The van der Waals surface area contributed by atoms with Gasteiger partial charge in [0.15, 0.2) is 0 Å². The Hall–Kier alpha value is -1.17. The van der Waals surface area contributed by atoms with E-state index in [4.69, 9.17) is 21.8 Å². The summed E-state index contributed by atoms with van der Waals surface area (Å²) in [5, 5.41) is 17.9. The van der Waals surface area contributed by atoms with Crippen LogP contribution in [-0.2, 0) is 0 Å². The predicted molar refractivity (Wildman–Crippen MR) is 47.1 cm³/mol. The normalized spacial score (nSPS) is 8.83. The van der Waals surface area contributed by atoms with Gasteiger partial charge in [0.1, 0.15) is 12.4 Å². The fourth-order valence-corrected chi connectivity index (χ4v) is 0.909. The molecule has 62 valence electrons. The average Bonchev–Trinajstić information content (AvgIpc) is 2.07. The lowest BCUT2D eigenvalue weighted by molar-refractivity contribution is 0.350. The van der Waals surface area contributed by atoms with Crippen LogP contribution in [0.25, 0.3) is 0 Å². The highest BCUT2D eigenvalue weighted by Crippen LogP contribution is 2.19. The third-order valence-electron chi connectivity index (χ3n) is 1.25. The van der Waals surface area contributed by atoms with Crippen molar-refractivity contribution < 1.29 is 10.2 Å². The molecule has 0 bridgehead atoms. The molecule has 3 heteroatoms. The molecule has 0 spiro atoms. The summed E-state index contributed by atoms with van der Waals surface area (Å²) in [6.07, 6.45) is 0. The molecule has 2 nitrogen and oxygen atoms in total. The second-order valence-corrected chi connectivity index (χ2v) is 2.53. The van der Waals surface area contributed by atoms with E-state index in [9.17, 15) is 0 Å². The lowest BCUT2D eigenvalue weighted by Gasteiger charge is -1.95. The van der Waals surface area contributed by atoms with E-state index < -0.39 is 0 Å². The maximum atomic E-state index is 9.05. The van der Waals surface area contributed by atoms with Crippen LogP contribution in [0, 0.1) is 11.8 Å². The van der Waals surface area contributed by atoms with Crippen LogP contribution in [0.3, 0.4) is 0 Å². The van der Waals surface area contributed by atoms with Crippen LogP contribution in [0.4, 0.5) is 0 Å². The first kappa shape index (κ1) is 8.92. The van der Waals surface area contributed by atoms with Crippen molar-refractivity contribution in [2.45, 2.75) is 0 Å². The second-order valence-electron chi connectivity index (χ2n) is 2.12. The highest BCUT2D eigenvalue weighted by atomic mass is 35.5. The number of phenols is 1. The zero-order valence-electron chi connectivity index (χ0n) is 6.21. The van der Waals surface area contributed by atoms with E-state index in [1.165, 1.54) is 12.1 Å². The molecule has 0 atom stereocenters. The van der Waals surface area contributed by atoms with E-state index >= 15 is 0 Å². The van der Waals surface area contributed by atoms with Crippen molar-refractivity contribution in [2.24, 2.45) is 0 Å². The van der Waals surface area contributed by atoms with Gasteiger partial charge in [0.2, 0.25) is 0 Å². The van der Waals surface area contributed by atoms with Crippen molar-refractivity contribution in [1.82, 2.24) is 0 Å². The molecule has 0 unspecified atom stereocenters. The van der Waals surface area contributed by atoms with E-state index in [-0.39, 0.29) is 12.4 Å². The van der Waals surface area contributed by atoms with Gasteiger partial charge in [-0.05, 0) is 18.2 Å². The summed E-state index contributed by atoms with van der Waals surface area (Å²) in [4.78, 5) is 0. The van der Waals surface area contributed by atoms with E-state index in [1.54, 1.807) is 6.07 Å². The minimum absolute atomic E-state index is 0.113. The van der Waals surface area contributed by atoms with Crippen LogP contribution >= 0.6 is 11.6 Å². The topological polar surface area (TPSA) is 40.5 Å². The first-order valence-corrected chi connectivity index (χ1v) is 3.70. The molecule has 0 aliphatic heterocycles. The fraction of sp³-hybridized carbons (Fsp3) is 0.111. The Labute approximate surface area is 75.4 Å². The molecule has 0 heterocycles. The smallest absolute Gasteiger partial charge is 0.116 e. The molecule has 0 aliphatic rings. The largest absolute Gasteiger partial charge is 0.508 e. The molecule has 0 amide bonds. The predicted octanol–water partition coefficient (Wildman–Crippen LogP) is 1.39. The van der Waals surface area contributed by atoms with Crippen molar-refractivity contribution in [3.63, 3.8) is 0 Å². The summed E-state index contributed by atoms with van der Waals surface area (Å²) in [5.41, 5.74) is 0.519. The summed E-state index contributed by atoms with van der Waals surface area (Å²) in [6, 6.07) is 4.48. The van der Waals surface area contributed by atoms with Gasteiger partial charge in [-0.2, -0.15) is 0 Å². The van der Waals surface area contributed by atoms with Crippen LogP contribution in [0.1, 0.15) is 5.56 Å². The molecule has 1 rings (SSSR count). The molecule has 0 fully saturated rings. The van der Waals surface area contributed by atoms with Gasteiger partial charge in [0, 0.05) is 5.56 Å². The maximum Gasteiger partial charge on any atom is 0.116 e. The molecular formula is C9H7ClO2. The first-order chi connectivity index (χ1) is 5.74. The van der Waals surface area contributed by atoms with Crippen molar-refractivity contribution in [1.29, 1.82) is 0 Å². The average molecular weight is 183 g/mol. The Balaban J connectivity index is 3.05. The van der Waals surface area contributed by atoms with Gasteiger partial charge in [0.05, 0.1) is 5.02 Å². The molecule has 0 aliphatic carbocycles. The van der Waals surface area contributed by atoms with Crippen LogP contribution in [0.15, 0.2) is 18.2 Å². The molecule has 2 N–H and O–H groups in total. The van der Waals surface area contributed by atoms with Crippen LogP contribution < -0.4 is 0 Å². The minimum Gasteiger partial charge on any atom is -0.508 e. The van der Waals surface area contributed by atoms with Gasteiger partial charge in [-0.25, -0.2) is 0 Å². The summed E-state index contributed by atoms with van der Waals surface area (Å²) >= 11 is 5.74. The van der Waals surface area contributed by atoms with Crippen LogP contribution in [0.5, 0.6) is 5.75 Å². The highest BCUT2D eigenvalue weighted by molar-refractivity contribution is 6.31. The number of benzene rings is 1. The SMILES string of the molecule is OCC#Cc1cc(O)ccc1Cl. The quantitative estimate of drug-likeness (QED) is 0.596. The van der Waals surface area contributed by atoms with E-state index in [2.05, 4.69) is 11.8 Å². The van der Waals surface area contributed by atoms with E-state index in [0.717, 1.165) is 0 Å². The molecule has 0 saturated heterocycles. The van der Waals surface area contributed by atoms with Crippen LogP contribution in [-0.4, -0.2) is 16.8 Å². The van der Waals surface area contributed by atoms with Crippen molar-refractivity contribution in [2.75, 3.05) is 6.61 Å². The van der Waals surface area contributed by atoms with Crippen LogP contribution in [0.2, 0.25) is 5.02 Å². The Kier molecular flexibility index (Phi) is 2.98. The monoisotopic (exact) mass is 182 g/mol. The Morgan fingerprint density at radius 1 is 1.42 bits per heavy atom. The molecule has 12 heavy (non-hydrogen) atoms. The zero-order valence-corrected chi connectivity index (χ0v) is 6.97. The minimum atomic E-state index is -0.216. The zero-order chi connectivity index (χ0) is 8.97. The molecule has 0 aromatic heterocycles. The van der Waals surface area contributed by atoms with Gasteiger partial charge < -0.3 is 10.2 Å². The summed E-state index contributed by atoms with van der Waals surface area (Å²) in [7, 11) is 0. The second kappa shape index (κ2) is 4.01. The van der Waals surface area contributed by atoms with Gasteiger partial charge in [-0.1, -0.05) is 23.4 Å². The summed E-state index contributed by atoms with van der Waals surface area (Å²) in [5.74, 6) is 5.17. The third-order valence-corrected chi connectivity index (χ3v) is 1.58. The maximum absolute atomic E-state index is 9.05. The first-order valence-electron chi connectivity index (χ1n) is 3.32. The third kappa shape index (κ3) is 2.16. The van der Waals surface area contributed by atoms with E-state index in [0.29, 0.717) is 10.6 Å². The Bertz CT molecular complexity index is 336. The summed E-state index contributed by atoms with van der Waals surface area (Å²) < 4.78 is 0. The van der Waals surface area contributed by atoms with E-state index in [1.807, 2.05) is 0 Å². The number of rotatable bonds is 0. The Morgan fingerprint density at radius 3 is 2.83 bits per heavy atom. The van der Waals surface area contributed by atoms with Gasteiger partial charge in [-0.3, -0.25) is 0 Å². The molecular weight excluding hydrogens is 176 g/mol. The number of halogens is 1. The fourth-order valence-electron chi connectivity index (χ4n) is 0.744. The number of aliphatic hydroxyl groups is 1. The lowest BCUT2D eigenvalue weighted by atomic mass is 10.2. The van der Waals surface area contributed by atoms with Gasteiger partial charge in [0.25, 0.3) is 0 Å². The highest BCUT2D eigenvalue weighted by Gasteiger charge is 1.96. The van der Waals surface area contributed by atoms with Gasteiger partial charge in [-0.15, -0.1) is 0 Å². The molecule has 1 aromatic rings.